The van der Waals surface area contributed by atoms with E-state index in [-0.39, 0.29) is 17.2 Å². The molecule has 28 heavy (non-hydrogen) atoms. The molecular formula is C20H20N2O4S2. The van der Waals surface area contributed by atoms with Crippen LogP contribution in [0.25, 0.3) is 10.2 Å². The minimum absolute atomic E-state index is 0.168. The van der Waals surface area contributed by atoms with E-state index in [4.69, 9.17) is 4.74 Å². The van der Waals surface area contributed by atoms with Crippen molar-refractivity contribution in [3.05, 3.63) is 65.5 Å². The summed E-state index contributed by atoms with van der Waals surface area (Å²) in [6.45, 7) is 4.22. The van der Waals surface area contributed by atoms with Crippen molar-refractivity contribution in [2.24, 2.45) is 4.99 Å². The van der Waals surface area contributed by atoms with Crippen molar-refractivity contribution in [3.63, 3.8) is 0 Å². The second-order valence-corrected chi connectivity index (χ2v) is 9.24. The van der Waals surface area contributed by atoms with Gasteiger partial charge in [-0.2, -0.15) is 4.99 Å². The van der Waals surface area contributed by atoms with Gasteiger partial charge in [-0.1, -0.05) is 29.5 Å². The van der Waals surface area contributed by atoms with Gasteiger partial charge < -0.3 is 9.30 Å². The third kappa shape index (κ3) is 4.40. The normalized spacial score (nSPS) is 12.3. The molecule has 0 fully saturated rings. The van der Waals surface area contributed by atoms with Crippen molar-refractivity contribution >= 4 is 37.3 Å². The van der Waals surface area contributed by atoms with Crippen molar-refractivity contribution in [2.75, 3.05) is 13.4 Å². The van der Waals surface area contributed by atoms with Gasteiger partial charge in [0.1, 0.15) is 5.75 Å². The highest BCUT2D eigenvalue weighted by atomic mass is 32.2. The second-order valence-electron chi connectivity index (χ2n) is 6.22. The van der Waals surface area contributed by atoms with Gasteiger partial charge >= 0.3 is 0 Å². The first-order chi connectivity index (χ1) is 13.3. The van der Waals surface area contributed by atoms with Crippen LogP contribution in [0.3, 0.4) is 0 Å². The molecule has 0 aliphatic heterocycles. The van der Waals surface area contributed by atoms with Crippen LogP contribution in [0.4, 0.5) is 0 Å². The van der Waals surface area contributed by atoms with Gasteiger partial charge in [-0.15, -0.1) is 6.58 Å². The fraction of sp³-hybridized carbons (Fsp3) is 0.200. The number of methoxy groups -OCH3 is 1. The molecule has 0 atom stereocenters. The van der Waals surface area contributed by atoms with E-state index >= 15 is 0 Å². The Balaban J connectivity index is 2.00. The zero-order chi connectivity index (χ0) is 20.3. The van der Waals surface area contributed by atoms with E-state index in [0.717, 1.165) is 21.5 Å². The summed E-state index contributed by atoms with van der Waals surface area (Å²) >= 11 is 1.28. The molecule has 2 aromatic carbocycles. The first-order valence-corrected chi connectivity index (χ1v) is 11.2. The number of ether oxygens (including phenoxy) is 1. The molecule has 3 rings (SSSR count). The first kappa shape index (κ1) is 20.0. The molecule has 1 amide bonds. The fourth-order valence-corrected chi connectivity index (χ4v) is 4.56. The SMILES string of the molecule is C=CCn1c(=NC(=O)Cc2ccc(OC)cc2)sc2cc(S(C)(=O)=O)ccc21. The molecule has 0 N–H and O–H groups in total. The molecule has 8 heteroatoms. The minimum atomic E-state index is -3.31. The Morgan fingerprint density at radius 3 is 2.57 bits per heavy atom. The largest absolute Gasteiger partial charge is 0.497 e. The van der Waals surface area contributed by atoms with E-state index < -0.39 is 9.84 Å². The lowest BCUT2D eigenvalue weighted by Crippen LogP contribution is -2.16. The summed E-state index contributed by atoms with van der Waals surface area (Å²) in [6.07, 6.45) is 3.05. The van der Waals surface area contributed by atoms with Gasteiger partial charge in [-0.3, -0.25) is 4.79 Å². The molecule has 0 aliphatic carbocycles. The number of sulfone groups is 1. The zero-order valence-electron chi connectivity index (χ0n) is 15.6. The van der Waals surface area contributed by atoms with E-state index in [9.17, 15) is 13.2 Å². The average molecular weight is 417 g/mol. The third-order valence-electron chi connectivity index (χ3n) is 4.13. The van der Waals surface area contributed by atoms with Gasteiger partial charge in [0.25, 0.3) is 5.91 Å². The Kier molecular flexibility index (Phi) is 5.81. The minimum Gasteiger partial charge on any atom is -0.497 e. The van der Waals surface area contributed by atoms with Crippen LogP contribution in [0.5, 0.6) is 5.75 Å². The van der Waals surface area contributed by atoms with Gasteiger partial charge in [0, 0.05) is 12.8 Å². The van der Waals surface area contributed by atoms with E-state index in [1.54, 1.807) is 43.5 Å². The molecule has 0 bridgehead atoms. The number of allylic oxidation sites excluding steroid dienone is 1. The Morgan fingerprint density at radius 1 is 1.25 bits per heavy atom. The number of carbonyl (C=O) groups excluding carboxylic acids is 1. The van der Waals surface area contributed by atoms with Crippen molar-refractivity contribution in [1.29, 1.82) is 0 Å². The van der Waals surface area contributed by atoms with Crippen LogP contribution in [0.15, 0.2) is 65.0 Å². The highest BCUT2D eigenvalue weighted by Gasteiger charge is 2.12. The Hall–Kier alpha value is -2.71. The first-order valence-electron chi connectivity index (χ1n) is 8.46. The number of rotatable bonds is 6. The second kappa shape index (κ2) is 8.12. The standard InChI is InChI=1S/C20H20N2O4S2/c1-4-11-22-17-10-9-16(28(3,24)25)13-18(17)27-20(22)21-19(23)12-14-5-7-15(26-2)8-6-14/h4-10,13H,1,11-12H2,2-3H3. The van der Waals surface area contributed by atoms with Crippen LogP contribution in [0.2, 0.25) is 0 Å². The van der Waals surface area contributed by atoms with Crippen molar-refractivity contribution in [1.82, 2.24) is 4.57 Å². The predicted octanol–water partition coefficient (Wildman–Crippen LogP) is 2.97. The maximum atomic E-state index is 12.5. The molecule has 0 saturated carbocycles. The van der Waals surface area contributed by atoms with Crippen LogP contribution < -0.4 is 9.54 Å². The lowest BCUT2D eigenvalue weighted by Gasteiger charge is -2.03. The molecule has 0 aliphatic rings. The lowest BCUT2D eigenvalue weighted by molar-refractivity contribution is -0.117. The zero-order valence-corrected chi connectivity index (χ0v) is 17.2. The molecule has 0 spiro atoms. The Morgan fingerprint density at radius 2 is 1.96 bits per heavy atom. The van der Waals surface area contributed by atoms with Gasteiger partial charge in [-0.05, 0) is 35.9 Å². The summed E-state index contributed by atoms with van der Waals surface area (Å²) in [6, 6.07) is 12.2. The van der Waals surface area contributed by atoms with Gasteiger partial charge in [0.15, 0.2) is 14.6 Å². The van der Waals surface area contributed by atoms with Gasteiger partial charge in [0.05, 0.1) is 28.6 Å². The number of fused-ring (bicyclic) bond motifs is 1. The molecule has 0 radical (unpaired) electrons. The fourth-order valence-electron chi connectivity index (χ4n) is 2.74. The number of benzene rings is 2. The molecule has 1 aromatic heterocycles. The number of aromatic nitrogens is 1. The third-order valence-corrected chi connectivity index (χ3v) is 6.28. The molecule has 0 unspecified atom stereocenters. The van der Waals surface area contributed by atoms with Crippen LogP contribution >= 0.6 is 11.3 Å². The highest BCUT2D eigenvalue weighted by Crippen LogP contribution is 2.22. The summed E-state index contributed by atoms with van der Waals surface area (Å²) in [4.78, 5) is 17.5. The van der Waals surface area contributed by atoms with Crippen molar-refractivity contribution in [3.8, 4) is 5.75 Å². The Bertz CT molecular complexity index is 1200. The molecule has 0 saturated heterocycles. The van der Waals surface area contributed by atoms with E-state index in [1.807, 2.05) is 16.7 Å². The maximum absolute atomic E-state index is 12.5. The summed E-state index contributed by atoms with van der Waals surface area (Å²) in [7, 11) is -1.72. The lowest BCUT2D eigenvalue weighted by atomic mass is 10.1. The number of nitrogens with zero attached hydrogens (tertiary/aromatic N) is 2. The Labute approximate surface area is 167 Å². The number of amides is 1. The number of thiazole rings is 1. The van der Waals surface area contributed by atoms with Crippen molar-refractivity contribution in [2.45, 2.75) is 17.9 Å². The van der Waals surface area contributed by atoms with E-state index in [2.05, 4.69) is 11.6 Å². The predicted molar refractivity (Wildman–Crippen MR) is 110 cm³/mol. The summed E-state index contributed by atoms with van der Waals surface area (Å²) < 4.78 is 31.4. The average Bonchev–Trinajstić information content (AvgIpc) is 2.98. The summed E-state index contributed by atoms with van der Waals surface area (Å²) in [5.41, 5.74) is 1.65. The van der Waals surface area contributed by atoms with Crippen LogP contribution in [0, 0.1) is 0 Å². The number of hydrogen-bond donors (Lipinski definition) is 0. The number of hydrogen-bond acceptors (Lipinski definition) is 5. The van der Waals surface area contributed by atoms with Crippen LogP contribution in [0.1, 0.15) is 5.56 Å². The van der Waals surface area contributed by atoms with Gasteiger partial charge in [0.2, 0.25) is 0 Å². The van der Waals surface area contributed by atoms with E-state index in [1.165, 1.54) is 17.6 Å². The monoisotopic (exact) mass is 416 g/mol. The quantitative estimate of drug-likeness (QED) is 0.579. The topological polar surface area (TPSA) is 77.7 Å². The molecule has 3 aromatic rings. The highest BCUT2D eigenvalue weighted by molar-refractivity contribution is 7.90. The van der Waals surface area contributed by atoms with Crippen molar-refractivity contribution < 1.29 is 17.9 Å². The molecule has 6 nitrogen and oxygen atoms in total. The summed E-state index contributed by atoms with van der Waals surface area (Å²) in [5.74, 6) is 0.445. The van der Waals surface area contributed by atoms with E-state index in [0.29, 0.717) is 11.3 Å². The number of carbonyl (C=O) groups is 1. The van der Waals surface area contributed by atoms with Gasteiger partial charge in [-0.25, -0.2) is 8.42 Å². The van der Waals surface area contributed by atoms with Crippen LogP contribution in [-0.4, -0.2) is 32.3 Å². The molecule has 1 heterocycles. The molecular weight excluding hydrogens is 396 g/mol. The molecule has 146 valence electrons. The van der Waals surface area contributed by atoms with Crippen LogP contribution in [-0.2, 0) is 27.6 Å². The smallest absolute Gasteiger partial charge is 0.252 e. The maximum Gasteiger partial charge on any atom is 0.252 e. The summed E-state index contributed by atoms with van der Waals surface area (Å²) in [5, 5.41) is 0.